The van der Waals surface area contributed by atoms with Gasteiger partial charge in [0.05, 0.1) is 18.7 Å². The molecule has 1 aromatic carbocycles. The van der Waals surface area contributed by atoms with Crippen LogP contribution in [0.2, 0.25) is 5.02 Å². The van der Waals surface area contributed by atoms with Gasteiger partial charge in [-0.05, 0) is 31.0 Å². The second-order valence-corrected chi connectivity index (χ2v) is 6.85. The normalized spacial score (nSPS) is 16.6. The summed E-state index contributed by atoms with van der Waals surface area (Å²) in [5.74, 6) is -1.27. The van der Waals surface area contributed by atoms with Crippen LogP contribution in [0.25, 0.3) is 0 Å². The maximum atomic E-state index is 12.4. The number of rotatable bonds is 8. The van der Waals surface area contributed by atoms with Crippen LogP contribution in [0.1, 0.15) is 33.1 Å². The fourth-order valence-corrected chi connectivity index (χ4v) is 3.16. The molecule has 2 rings (SSSR count). The van der Waals surface area contributed by atoms with E-state index in [0.29, 0.717) is 16.5 Å². The van der Waals surface area contributed by atoms with Crippen LogP contribution in [0, 0.1) is 5.92 Å². The van der Waals surface area contributed by atoms with Crippen molar-refractivity contribution in [1.82, 2.24) is 5.32 Å². The summed E-state index contributed by atoms with van der Waals surface area (Å²) in [6.07, 6.45) is 1.64. The lowest BCUT2D eigenvalue weighted by atomic mass is 10.1. The number of methoxy groups -OCH3 is 1. The zero-order valence-corrected chi connectivity index (χ0v) is 16.5. The minimum absolute atomic E-state index is 0.0165. The third-order valence-electron chi connectivity index (χ3n) is 4.59. The van der Waals surface area contributed by atoms with Crippen molar-refractivity contribution in [3.63, 3.8) is 0 Å². The van der Waals surface area contributed by atoms with E-state index in [1.807, 2.05) is 13.8 Å². The number of hydrogen-bond donors (Lipinski definition) is 1. The van der Waals surface area contributed by atoms with Crippen LogP contribution in [0.5, 0.6) is 5.75 Å². The van der Waals surface area contributed by atoms with Crippen molar-refractivity contribution in [2.75, 3.05) is 25.2 Å². The number of benzene rings is 1. The van der Waals surface area contributed by atoms with E-state index in [4.69, 9.17) is 21.1 Å². The molecule has 1 heterocycles. The Kier molecular flexibility index (Phi) is 7.47. The Balaban J connectivity index is 1.96. The zero-order chi connectivity index (χ0) is 20.0. The molecule has 1 atom stereocenters. The number of anilines is 1. The predicted octanol–water partition coefficient (Wildman–Crippen LogP) is 2.55. The summed E-state index contributed by atoms with van der Waals surface area (Å²) < 4.78 is 10.4. The van der Waals surface area contributed by atoms with Crippen LogP contribution < -0.4 is 15.0 Å². The first-order chi connectivity index (χ1) is 12.9. The molecule has 1 saturated heterocycles. The first kappa shape index (κ1) is 21.0. The molecule has 1 aromatic rings. The Morgan fingerprint density at radius 3 is 2.67 bits per heavy atom. The Labute approximate surface area is 163 Å². The highest BCUT2D eigenvalue weighted by atomic mass is 35.5. The van der Waals surface area contributed by atoms with Gasteiger partial charge in [-0.15, -0.1) is 0 Å². The number of nitrogens with zero attached hydrogens (tertiary/aromatic N) is 1. The van der Waals surface area contributed by atoms with Crippen molar-refractivity contribution in [2.24, 2.45) is 5.92 Å². The average Bonchev–Trinajstić information content (AvgIpc) is 3.05. The van der Waals surface area contributed by atoms with E-state index in [2.05, 4.69) is 5.32 Å². The van der Waals surface area contributed by atoms with Gasteiger partial charge in [-0.1, -0.05) is 25.4 Å². The second-order valence-electron chi connectivity index (χ2n) is 6.41. The van der Waals surface area contributed by atoms with Gasteiger partial charge in [0, 0.05) is 24.0 Å². The van der Waals surface area contributed by atoms with E-state index in [1.54, 1.807) is 18.2 Å². The van der Waals surface area contributed by atoms with Gasteiger partial charge in [-0.3, -0.25) is 14.4 Å². The van der Waals surface area contributed by atoms with E-state index < -0.39 is 11.9 Å². The molecule has 1 aliphatic rings. The standard InChI is InChI=1S/C19H25ClN2O5/c1-4-14(5-2)21-17(23)11-27-19(25)12-8-18(24)22(10-12)15-9-13(20)6-7-16(15)26-3/h6-7,9,12,14H,4-5,8,10-11H2,1-3H3,(H,21,23)/t12-/m0/s1. The zero-order valence-electron chi connectivity index (χ0n) is 15.8. The van der Waals surface area contributed by atoms with E-state index in [0.717, 1.165) is 12.8 Å². The first-order valence-corrected chi connectivity index (χ1v) is 9.37. The van der Waals surface area contributed by atoms with Crippen LogP contribution in [0.4, 0.5) is 5.69 Å². The molecule has 1 fully saturated rings. The van der Waals surface area contributed by atoms with Gasteiger partial charge in [0.25, 0.3) is 5.91 Å². The Bertz CT molecular complexity index is 705. The molecular formula is C19H25ClN2O5. The molecular weight excluding hydrogens is 372 g/mol. The molecule has 0 spiro atoms. The lowest BCUT2D eigenvalue weighted by molar-refractivity contribution is -0.152. The number of halogens is 1. The maximum Gasteiger partial charge on any atom is 0.311 e. The third kappa shape index (κ3) is 5.35. The highest BCUT2D eigenvalue weighted by molar-refractivity contribution is 6.31. The lowest BCUT2D eigenvalue weighted by Gasteiger charge is -2.19. The predicted molar refractivity (Wildman–Crippen MR) is 102 cm³/mol. The highest BCUT2D eigenvalue weighted by Gasteiger charge is 2.37. The first-order valence-electron chi connectivity index (χ1n) is 8.99. The molecule has 0 bridgehead atoms. The van der Waals surface area contributed by atoms with Crippen molar-refractivity contribution in [3.8, 4) is 5.75 Å². The lowest BCUT2D eigenvalue weighted by Crippen LogP contribution is -2.37. The molecule has 0 saturated carbocycles. The minimum atomic E-state index is -0.637. The molecule has 0 aliphatic carbocycles. The SMILES string of the molecule is CCC(CC)NC(=O)COC(=O)[C@H]1CC(=O)N(c2cc(Cl)ccc2OC)C1. The summed E-state index contributed by atoms with van der Waals surface area (Å²) >= 11 is 6.02. The van der Waals surface area contributed by atoms with Gasteiger partial charge in [-0.2, -0.15) is 0 Å². The monoisotopic (exact) mass is 396 g/mol. The summed E-state index contributed by atoms with van der Waals surface area (Å²) in [4.78, 5) is 38.0. The molecule has 0 aromatic heterocycles. The Morgan fingerprint density at radius 2 is 2.04 bits per heavy atom. The van der Waals surface area contributed by atoms with Crippen molar-refractivity contribution in [3.05, 3.63) is 23.2 Å². The van der Waals surface area contributed by atoms with Gasteiger partial charge in [0.1, 0.15) is 5.75 Å². The summed E-state index contributed by atoms with van der Waals surface area (Å²) in [5, 5.41) is 3.26. The highest BCUT2D eigenvalue weighted by Crippen LogP contribution is 2.35. The Hall–Kier alpha value is -2.28. The summed E-state index contributed by atoms with van der Waals surface area (Å²) in [5.41, 5.74) is 0.511. The fraction of sp³-hybridized carbons (Fsp3) is 0.526. The van der Waals surface area contributed by atoms with E-state index >= 15 is 0 Å². The van der Waals surface area contributed by atoms with Gasteiger partial charge < -0.3 is 19.7 Å². The van der Waals surface area contributed by atoms with E-state index in [-0.39, 0.29) is 37.4 Å². The Morgan fingerprint density at radius 1 is 1.33 bits per heavy atom. The van der Waals surface area contributed by atoms with Crippen LogP contribution in [-0.4, -0.2) is 44.1 Å². The van der Waals surface area contributed by atoms with Crippen LogP contribution in [0.3, 0.4) is 0 Å². The van der Waals surface area contributed by atoms with Gasteiger partial charge in [0.15, 0.2) is 6.61 Å². The topological polar surface area (TPSA) is 84.9 Å². The van der Waals surface area contributed by atoms with Crippen LogP contribution >= 0.6 is 11.6 Å². The number of esters is 1. The summed E-state index contributed by atoms with van der Waals surface area (Å²) in [6, 6.07) is 5.01. The molecule has 27 heavy (non-hydrogen) atoms. The molecule has 1 N–H and O–H groups in total. The number of amides is 2. The van der Waals surface area contributed by atoms with Gasteiger partial charge >= 0.3 is 5.97 Å². The average molecular weight is 397 g/mol. The molecule has 2 amide bonds. The minimum Gasteiger partial charge on any atom is -0.495 e. The molecule has 7 nitrogen and oxygen atoms in total. The number of carbonyl (C=O) groups is 3. The van der Waals surface area contributed by atoms with Crippen LogP contribution in [0.15, 0.2) is 18.2 Å². The second kappa shape index (κ2) is 9.60. The molecule has 0 radical (unpaired) electrons. The number of hydrogen-bond acceptors (Lipinski definition) is 5. The van der Waals surface area contributed by atoms with Crippen molar-refractivity contribution >= 4 is 35.1 Å². The van der Waals surface area contributed by atoms with Gasteiger partial charge in [-0.25, -0.2) is 0 Å². The van der Waals surface area contributed by atoms with Crippen molar-refractivity contribution in [1.29, 1.82) is 0 Å². The van der Waals surface area contributed by atoms with E-state index in [1.165, 1.54) is 12.0 Å². The molecule has 148 valence electrons. The number of ether oxygens (including phenoxy) is 2. The van der Waals surface area contributed by atoms with Crippen molar-refractivity contribution < 1.29 is 23.9 Å². The summed E-state index contributed by atoms with van der Waals surface area (Å²) in [7, 11) is 1.50. The quantitative estimate of drug-likeness (QED) is 0.682. The number of carbonyl (C=O) groups excluding carboxylic acids is 3. The molecule has 1 aliphatic heterocycles. The third-order valence-corrected chi connectivity index (χ3v) is 4.82. The van der Waals surface area contributed by atoms with Gasteiger partial charge in [0.2, 0.25) is 5.91 Å². The summed E-state index contributed by atoms with van der Waals surface area (Å²) in [6.45, 7) is 3.76. The largest absolute Gasteiger partial charge is 0.495 e. The van der Waals surface area contributed by atoms with Crippen molar-refractivity contribution in [2.45, 2.75) is 39.2 Å². The van der Waals surface area contributed by atoms with Crippen LogP contribution in [-0.2, 0) is 19.1 Å². The molecule has 0 unspecified atom stereocenters. The fourth-order valence-electron chi connectivity index (χ4n) is 2.99. The smallest absolute Gasteiger partial charge is 0.311 e. The molecule has 8 heteroatoms. The van der Waals surface area contributed by atoms with E-state index in [9.17, 15) is 14.4 Å². The maximum absolute atomic E-state index is 12.4. The number of nitrogens with one attached hydrogen (secondary N) is 1.